The number of anilines is 1. The highest BCUT2D eigenvalue weighted by molar-refractivity contribution is 7.99. The molecule has 1 fully saturated rings. The fraction of sp³-hybridized carbons (Fsp3) is 0.462. The number of carbonyl (C=O) groups excluding carboxylic acids is 1. The molecule has 0 aromatic heterocycles. The number of benzene rings is 1. The van der Waals surface area contributed by atoms with Gasteiger partial charge in [0.15, 0.2) is 9.84 Å². The van der Waals surface area contributed by atoms with Crippen LogP contribution in [-0.4, -0.2) is 50.6 Å². The zero-order chi connectivity index (χ0) is 15.3. The molecule has 0 radical (unpaired) electrons. The average Bonchev–Trinajstić information content (AvgIpc) is 2.91. The molecule has 0 spiro atoms. The van der Waals surface area contributed by atoms with Crippen molar-refractivity contribution in [1.29, 1.82) is 0 Å². The van der Waals surface area contributed by atoms with Crippen molar-refractivity contribution in [3.63, 3.8) is 0 Å². The van der Waals surface area contributed by atoms with Crippen LogP contribution in [0, 0.1) is 0 Å². The van der Waals surface area contributed by atoms with E-state index < -0.39 is 9.84 Å². The van der Waals surface area contributed by atoms with E-state index in [0.29, 0.717) is 11.4 Å². The largest absolute Gasteiger partial charge is 0.492 e. The predicted octanol–water partition coefficient (Wildman–Crippen LogP) is 1.13. The summed E-state index contributed by atoms with van der Waals surface area (Å²) in [6.45, 7) is 0.0943. The number of ether oxygens (including phenoxy) is 1. The number of carbonyl (C=O) groups is 1. The van der Waals surface area contributed by atoms with Gasteiger partial charge in [-0.05, 0) is 12.1 Å². The molecule has 22 heavy (non-hydrogen) atoms. The van der Waals surface area contributed by atoms with Crippen molar-refractivity contribution in [3.05, 3.63) is 24.3 Å². The number of sulfone groups is 1. The number of hydrogen-bond acceptors (Lipinski definition) is 6. The monoisotopic (exact) mass is 366 g/mol. The fourth-order valence-corrected chi connectivity index (χ4v) is 3.10. The molecule has 0 saturated carbocycles. The number of halogens is 1. The van der Waals surface area contributed by atoms with Gasteiger partial charge in [0.05, 0.1) is 11.8 Å². The first kappa shape index (κ1) is 19.1. The lowest BCUT2D eigenvalue weighted by Gasteiger charge is -2.12. The first-order chi connectivity index (χ1) is 9.94. The summed E-state index contributed by atoms with van der Waals surface area (Å²) < 4.78 is 27.4. The van der Waals surface area contributed by atoms with E-state index in [1.165, 1.54) is 6.26 Å². The number of thioether (sulfide) groups is 1. The van der Waals surface area contributed by atoms with Crippen molar-refractivity contribution in [2.24, 2.45) is 0 Å². The number of nitrogens with one attached hydrogen (secondary N) is 2. The van der Waals surface area contributed by atoms with E-state index in [2.05, 4.69) is 10.6 Å². The molecule has 1 saturated heterocycles. The smallest absolute Gasteiger partial charge is 0.242 e. The number of hydrogen-bond donors (Lipinski definition) is 2. The van der Waals surface area contributed by atoms with Crippen LogP contribution in [0.3, 0.4) is 0 Å². The third kappa shape index (κ3) is 6.43. The molecule has 1 aromatic rings. The maximum atomic E-state index is 12.0. The lowest BCUT2D eigenvalue weighted by Crippen LogP contribution is -2.37. The van der Waals surface area contributed by atoms with E-state index in [1.54, 1.807) is 36.0 Å². The Morgan fingerprint density at radius 2 is 2.27 bits per heavy atom. The van der Waals surface area contributed by atoms with Crippen molar-refractivity contribution < 1.29 is 17.9 Å². The average molecular weight is 367 g/mol. The van der Waals surface area contributed by atoms with Crippen LogP contribution in [-0.2, 0) is 14.6 Å². The summed E-state index contributed by atoms with van der Waals surface area (Å²) in [6, 6.07) is 6.75. The van der Waals surface area contributed by atoms with Crippen molar-refractivity contribution in [2.45, 2.75) is 6.04 Å². The standard InChI is InChI=1S/C13H18N2O4S2.ClH/c1-21(17,18)6-5-19-11-4-2-3-10(7-11)15-13(16)12-8-20-9-14-12;/h2-4,7,12,14H,5-6,8-9H2,1H3,(H,15,16);1H. The first-order valence-corrected chi connectivity index (χ1v) is 9.68. The second-order valence-corrected chi connectivity index (χ2v) is 8.06. The quantitative estimate of drug-likeness (QED) is 0.785. The molecule has 1 unspecified atom stereocenters. The Labute approximate surface area is 140 Å². The van der Waals surface area contributed by atoms with E-state index in [-0.39, 0.29) is 36.7 Å². The van der Waals surface area contributed by atoms with Crippen LogP contribution in [0.4, 0.5) is 5.69 Å². The second kappa shape index (κ2) is 8.61. The minimum absolute atomic E-state index is 0. The van der Waals surface area contributed by atoms with Gasteiger partial charge in [0.25, 0.3) is 0 Å². The van der Waals surface area contributed by atoms with Gasteiger partial charge in [-0.15, -0.1) is 24.2 Å². The molecule has 1 atom stereocenters. The summed E-state index contributed by atoms with van der Waals surface area (Å²) in [5, 5.41) is 5.91. The minimum atomic E-state index is -3.04. The van der Waals surface area contributed by atoms with E-state index in [0.717, 1.165) is 11.6 Å². The normalized spacial score (nSPS) is 17.6. The van der Waals surface area contributed by atoms with Crippen LogP contribution < -0.4 is 15.4 Å². The van der Waals surface area contributed by atoms with Gasteiger partial charge >= 0.3 is 0 Å². The molecule has 124 valence electrons. The van der Waals surface area contributed by atoms with Crippen LogP contribution in [0.15, 0.2) is 24.3 Å². The van der Waals surface area contributed by atoms with E-state index in [4.69, 9.17) is 4.74 Å². The number of rotatable bonds is 6. The molecule has 2 N–H and O–H groups in total. The molecule has 1 aliphatic rings. The van der Waals surface area contributed by atoms with Crippen molar-refractivity contribution >= 4 is 45.6 Å². The molecule has 0 aliphatic carbocycles. The van der Waals surface area contributed by atoms with Crippen molar-refractivity contribution in [1.82, 2.24) is 5.32 Å². The fourth-order valence-electron chi connectivity index (χ4n) is 1.77. The Bertz CT molecular complexity index is 604. The van der Waals surface area contributed by atoms with Crippen LogP contribution in [0.25, 0.3) is 0 Å². The summed E-state index contributed by atoms with van der Waals surface area (Å²) in [4.78, 5) is 12.0. The topological polar surface area (TPSA) is 84.5 Å². The van der Waals surface area contributed by atoms with Gasteiger partial charge in [0.1, 0.15) is 12.4 Å². The Morgan fingerprint density at radius 3 is 2.91 bits per heavy atom. The van der Waals surface area contributed by atoms with Crippen molar-refractivity contribution in [3.8, 4) is 5.75 Å². The Morgan fingerprint density at radius 1 is 1.50 bits per heavy atom. The Kier molecular flexibility index (Phi) is 7.47. The zero-order valence-corrected chi connectivity index (χ0v) is 14.5. The third-order valence-corrected chi connectivity index (χ3v) is 4.71. The van der Waals surface area contributed by atoms with Crippen LogP contribution in [0.5, 0.6) is 5.75 Å². The molecule has 2 rings (SSSR count). The van der Waals surface area contributed by atoms with E-state index in [9.17, 15) is 13.2 Å². The van der Waals surface area contributed by atoms with Crippen molar-refractivity contribution in [2.75, 3.05) is 35.6 Å². The van der Waals surface area contributed by atoms with E-state index >= 15 is 0 Å². The lowest BCUT2D eigenvalue weighted by atomic mass is 10.2. The molecular formula is C13H19ClN2O4S2. The summed E-state index contributed by atoms with van der Waals surface area (Å²) in [5.41, 5.74) is 0.635. The molecular weight excluding hydrogens is 348 g/mol. The van der Waals surface area contributed by atoms with Gasteiger partial charge < -0.3 is 10.1 Å². The molecule has 9 heteroatoms. The molecule has 0 bridgehead atoms. The van der Waals surface area contributed by atoms with Gasteiger partial charge in [-0.3, -0.25) is 10.1 Å². The molecule has 1 aromatic carbocycles. The highest BCUT2D eigenvalue weighted by atomic mass is 35.5. The second-order valence-electron chi connectivity index (χ2n) is 4.77. The summed E-state index contributed by atoms with van der Waals surface area (Å²) in [6.07, 6.45) is 1.17. The maximum Gasteiger partial charge on any atom is 0.242 e. The van der Waals surface area contributed by atoms with Crippen LogP contribution >= 0.6 is 24.2 Å². The summed E-state index contributed by atoms with van der Waals surface area (Å²) in [7, 11) is -3.04. The SMILES string of the molecule is CS(=O)(=O)CCOc1cccc(NC(=O)C2CSCN2)c1.Cl. The molecule has 6 nitrogen and oxygen atoms in total. The van der Waals surface area contributed by atoms with Gasteiger partial charge in [-0.25, -0.2) is 8.42 Å². The van der Waals surface area contributed by atoms with E-state index in [1.807, 2.05) is 0 Å². The highest BCUT2D eigenvalue weighted by Crippen LogP contribution is 2.18. The zero-order valence-electron chi connectivity index (χ0n) is 12.1. The molecule has 1 heterocycles. The first-order valence-electron chi connectivity index (χ1n) is 6.47. The third-order valence-electron chi connectivity index (χ3n) is 2.86. The van der Waals surface area contributed by atoms with Crippen LogP contribution in [0.1, 0.15) is 0 Å². The summed E-state index contributed by atoms with van der Waals surface area (Å²) >= 11 is 1.68. The Balaban J connectivity index is 0.00000242. The predicted molar refractivity (Wildman–Crippen MR) is 91.8 cm³/mol. The van der Waals surface area contributed by atoms with Gasteiger partial charge in [-0.1, -0.05) is 6.07 Å². The van der Waals surface area contributed by atoms with Gasteiger partial charge in [-0.2, -0.15) is 0 Å². The summed E-state index contributed by atoms with van der Waals surface area (Å²) in [5.74, 6) is 1.97. The van der Waals surface area contributed by atoms with Crippen LogP contribution in [0.2, 0.25) is 0 Å². The lowest BCUT2D eigenvalue weighted by molar-refractivity contribution is -0.117. The number of amides is 1. The van der Waals surface area contributed by atoms with Gasteiger partial charge in [0, 0.05) is 29.6 Å². The van der Waals surface area contributed by atoms with Gasteiger partial charge in [0.2, 0.25) is 5.91 Å². The molecule has 1 amide bonds. The minimum Gasteiger partial charge on any atom is -0.492 e. The molecule has 1 aliphatic heterocycles. The maximum absolute atomic E-state index is 12.0. The Hall–Kier alpha value is -0.960. The highest BCUT2D eigenvalue weighted by Gasteiger charge is 2.22.